The van der Waals surface area contributed by atoms with Crippen LogP contribution < -0.4 is 0 Å². The molecule has 54 valence electrons. The van der Waals surface area contributed by atoms with Crippen molar-refractivity contribution in [1.29, 1.82) is 0 Å². The van der Waals surface area contributed by atoms with E-state index in [0.29, 0.717) is 0 Å². The number of hydrogen-bond acceptors (Lipinski definition) is 3. The lowest BCUT2D eigenvalue weighted by Crippen LogP contribution is -2.21. The van der Waals surface area contributed by atoms with Gasteiger partial charge >= 0.3 is 0 Å². The molecule has 0 aromatic rings. The van der Waals surface area contributed by atoms with Gasteiger partial charge in [0.15, 0.2) is 0 Å². The SMILES string of the molecule is O=S(=O)([O-])CC1CCC1. The monoisotopic (exact) mass is 149 g/mol. The van der Waals surface area contributed by atoms with Crippen molar-refractivity contribution < 1.29 is 13.0 Å². The summed E-state index contributed by atoms with van der Waals surface area (Å²) in [5.74, 6) is 0.0278. The predicted octanol–water partition coefficient (Wildman–Crippen LogP) is 0.332. The van der Waals surface area contributed by atoms with Gasteiger partial charge in [0, 0.05) is 5.75 Å². The average molecular weight is 149 g/mol. The summed E-state index contributed by atoms with van der Waals surface area (Å²) in [6.07, 6.45) is 2.92. The maximum absolute atomic E-state index is 10.1. The minimum absolute atomic E-state index is 0.146. The summed E-state index contributed by atoms with van der Waals surface area (Å²) in [6, 6.07) is 0. The summed E-state index contributed by atoms with van der Waals surface area (Å²) in [4.78, 5) is 0. The molecular formula is C5H9O3S-. The van der Waals surface area contributed by atoms with E-state index in [1.807, 2.05) is 0 Å². The van der Waals surface area contributed by atoms with Crippen LogP contribution in [0.25, 0.3) is 0 Å². The molecule has 0 saturated heterocycles. The Kier molecular flexibility index (Phi) is 1.77. The van der Waals surface area contributed by atoms with Gasteiger partial charge in [0.2, 0.25) is 0 Å². The molecule has 0 bridgehead atoms. The lowest BCUT2D eigenvalue weighted by Gasteiger charge is -2.25. The molecule has 3 nitrogen and oxygen atoms in total. The third-order valence-corrected chi connectivity index (χ3v) is 2.54. The van der Waals surface area contributed by atoms with Gasteiger partial charge in [-0.3, -0.25) is 0 Å². The molecule has 0 radical (unpaired) electrons. The van der Waals surface area contributed by atoms with Gasteiger partial charge in [-0.15, -0.1) is 0 Å². The van der Waals surface area contributed by atoms with Crippen LogP contribution >= 0.6 is 0 Å². The van der Waals surface area contributed by atoms with Crippen molar-refractivity contribution in [3.63, 3.8) is 0 Å². The number of rotatable bonds is 2. The molecule has 0 aromatic heterocycles. The van der Waals surface area contributed by atoms with Crippen molar-refractivity contribution >= 4 is 10.1 Å². The third-order valence-electron chi connectivity index (χ3n) is 1.66. The first kappa shape index (κ1) is 7.02. The molecule has 4 heteroatoms. The highest BCUT2D eigenvalue weighted by Crippen LogP contribution is 2.26. The molecular weight excluding hydrogens is 140 g/mol. The van der Waals surface area contributed by atoms with Gasteiger partial charge in [-0.2, -0.15) is 0 Å². The van der Waals surface area contributed by atoms with E-state index in [1.54, 1.807) is 0 Å². The summed E-state index contributed by atoms with van der Waals surface area (Å²) in [5, 5.41) is 0. The Bertz CT molecular complexity index is 178. The Morgan fingerprint density at radius 2 is 2.00 bits per heavy atom. The summed E-state index contributed by atoms with van der Waals surface area (Å²) in [5.41, 5.74) is 0. The molecule has 0 amide bonds. The summed E-state index contributed by atoms with van der Waals surface area (Å²) >= 11 is 0. The molecule has 0 aromatic carbocycles. The average Bonchev–Trinajstić information content (AvgIpc) is 1.53. The molecule has 9 heavy (non-hydrogen) atoms. The zero-order chi connectivity index (χ0) is 6.91. The van der Waals surface area contributed by atoms with Crippen molar-refractivity contribution in [1.82, 2.24) is 0 Å². The van der Waals surface area contributed by atoms with Crippen molar-refractivity contribution in [3.05, 3.63) is 0 Å². The van der Waals surface area contributed by atoms with Crippen LogP contribution in [0.4, 0.5) is 0 Å². The highest BCUT2D eigenvalue weighted by Gasteiger charge is 2.19. The van der Waals surface area contributed by atoms with Gasteiger partial charge in [0.1, 0.15) is 0 Å². The van der Waals surface area contributed by atoms with Crippen molar-refractivity contribution in [2.24, 2.45) is 5.92 Å². The van der Waals surface area contributed by atoms with Gasteiger partial charge in [0.25, 0.3) is 0 Å². The molecule has 0 aliphatic heterocycles. The van der Waals surface area contributed by atoms with Crippen molar-refractivity contribution in [2.75, 3.05) is 5.75 Å². The Hall–Kier alpha value is -0.0900. The smallest absolute Gasteiger partial charge is 0.0948 e. The van der Waals surface area contributed by atoms with Crippen LogP contribution in [0.3, 0.4) is 0 Å². The zero-order valence-corrected chi connectivity index (χ0v) is 5.86. The second-order valence-corrected chi connectivity index (χ2v) is 3.97. The van der Waals surface area contributed by atoms with E-state index < -0.39 is 10.1 Å². The fraction of sp³-hybridized carbons (Fsp3) is 1.00. The summed E-state index contributed by atoms with van der Waals surface area (Å²) in [6.45, 7) is 0. The number of hydrogen-bond donors (Lipinski definition) is 0. The van der Waals surface area contributed by atoms with E-state index in [2.05, 4.69) is 0 Å². The van der Waals surface area contributed by atoms with Gasteiger partial charge in [-0.25, -0.2) is 8.42 Å². The fourth-order valence-corrected chi connectivity index (χ4v) is 1.86. The molecule has 0 unspecified atom stereocenters. The van der Waals surface area contributed by atoms with Gasteiger partial charge < -0.3 is 4.55 Å². The summed E-state index contributed by atoms with van der Waals surface area (Å²) in [7, 11) is -3.93. The standard InChI is InChI=1S/C5H10O3S/c6-9(7,8)4-5-2-1-3-5/h5H,1-4H2,(H,6,7,8)/p-1. The van der Waals surface area contributed by atoms with Crippen LogP contribution in [0.5, 0.6) is 0 Å². The quantitative estimate of drug-likeness (QED) is 0.532. The van der Waals surface area contributed by atoms with Gasteiger partial charge in [-0.1, -0.05) is 6.42 Å². The molecule has 1 fully saturated rings. The molecule has 0 N–H and O–H groups in total. The second kappa shape index (κ2) is 2.27. The summed E-state index contributed by atoms with van der Waals surface area (Å²) < 4.78 is 30.2. The van der Waals surface area contributed by atoms with Crippen LogP contribution in [0.15, 0.2) is 0 Å². The Morgan fingerprint density at radius 1 is 1.44 bits per heavy atom. The fourth-order valence-electron chi connectivity index (χ4n) is 0.948. The van der Waals surface area contributed by atoms with E-state index in [0.717, 1.165) is 19.3 Å². The zero-order valence-electron chi connectivity index (χ0n) is 5.04. The van der Waals surface area contributed by atoms with Crippen LogP contribution in [0, 0.1) is 5.92 Å². The highest BCUT2D eigenvalue weighted by molar-refractivity contribution is 7.85. The van der Waals surface area contributed by atoms with E-state index >= 15 is 0 Å². The molecule has 0 atom stereocenters. The molecule has 0 spiro atoms. The van der Waals surface area contributed by atoms with Crippen molar-refractivity contribution in [2.45, 2.75) is 19.3 Å². The van der Waals surface area contributed by atoms with E-state index in [4.69, 9.17) is 0 Å². The minimum atomic E-state index is -3.93. The van der Waals surface area contributed by atoms with Crippen LogP contribution in [0.1, 0.15) is 19.3 Å². The maximum Gasteiger partial charge on any atom is 0.0948 e. The predicted molar refractivity (Wildman–Crippen MR) is 31.9 cm³/mol. The lowest BCUT2D eigenvalue weighted by atomic mass is 9.87. The molecule has 1 aliphatic carbocycles. The normalized spacial score (nSPS) is 21.4. The van der Waals surface area contributed by atoms with E-state index in [1.165, 1.54) is 0 Å². The Labute approximate surface area is 54.8 Å². The van der Waals surface area contributed by atoms with Crippen LogP contribution in [-0.2, 0) is 10.1 Å². The van der Waals surface area contributed by atoms with Gasteiger partial charge in [0.05, 0.1) is 10.1 Å². The molecule has 1 aliphatic rings. The van der Waals surface area contributed by atoms with Crippen LogP contribution in [-0.4, -0.2) is 18.7 Å². The first-order valence-electron chi connectivity index (χ1n) is 3.01. The largest absolute Gasteiger partial charge is 0.748 e. The Balaban J connectivity index is 2.33. The van der Waals surface area contributed by atoms with Crippen molar-refractivity contribution in [3.8, 4) is 0 Å². The van der Waals surface area contributed by atoms with Crippen LogP contribution in [0.2, 0.25) is 0 Å². The first-order chi connectivity index (χ1) is 4.08. The van der Waals surface area contributed by atoms with Gasteiger partial charge in [-0.05, 0) is 18.8 Å². The lowest BCUT2D eigenvalue weighted by molar-refractivity contribution is 0.336. The van der Waals surface area contributed by atoms with E-state index in [9.17, 15) is 13.0 Å². The van der Waals surface area contributed by atoms with E-state index in [-0.39, 0.29) is 11.7 Å². The maximum atomic E-state index is 10.1. The third kappa shape index (κ3) is 2.32. The minimum Gasteiger partial charge on any atom is -0.748 e. The molecule has 1 saturated carbocycles. The second-order valence-electron chi connectivity index (χ2n) is 2.52. The Morgan fingerprint density at radius 3 is 2.11 bits per heavy atom. The highest BCUT2D eigenvalue weighted by atomic mass is 32.2. The molecule has 1 rings (SSSR count). The molecule has 0 heterocycles. The topological polar surface area (TPSA) is 57.2 Å². The first-order valence-corrected chi connectivity index (χ1v) is 4.59.